The van der Waals surface area contributed by atoms with Gasteiger partial charge in [0.05, 0.1) is 19.2 Å². The number of amides is 3. The number of carbonyl (C=O) groups excluding carboxylic acids is 4. The van der Waals surface area contributed by atoms with Crippen molar-refractivity contribution in [3.63, 3.8) is 0 Å². The molecule has 186 valence electrons. The zero-order valence-electron chi connectivity index (χ0n) is 20.4. The number of nitrogens with one attached hydrogen (secondary N) is 2. The van der Waals surface area contributed by atoms with Crippen molar-refractivity contribution >= 4 is 29.6 Å². The first-order valence-corrected chi connectivity index (χ1v) is 11.4. The van der Waals surface area contributed by atoms with Crippen molar-refractivity contribution in [2.24, 2.45) is 0 Å². The maximum Gasteiger partial charge on any atom is 0.337 e. The first-order chi connectivity index (χ1) is 16.6. The molecule has 1 fully saturated rings. The van der Waals surface area contributed by atoms with Crippen LogP contribution in [0, 0.1) is 0 Å². The van der Waals surface area contributed by atoms with Gasteiger partial charge in [-0.2, -0.15) is 0 Å². The van der Waals surface area contributed by atoms with Crippen LogP contribution >= 0.6 is 0 Å². The van der Waals surface area contributed by atoms with Crippen LogP contribution in [0.1, 0.15) is 49.0 Å². The summed E-state index contributed by atoms with van der Waals surface area (Å²) in [5, 5.41) is 5.11. The Kier molecular flexibility index (Phi) is 8.11. The average Bonchev–Trinajstić information content (AvgIpc) is 3.28. The van der Waals surface area contributed by atoms with Gasteiger partial charge in [-0.15, -0.1) is 0 Å². The molecule has 1 aliphatic rings. The summed E-state index contributed by atoms with van der Waals surface area (Å²) in [5.74, 6) is -1.40. The fraction of sp³-hybridized carbons (Fsp3) is 0.385. The molecule has 0 aromatic heterocycles. The second-order valence-electron chi connectivity index (χ2n) is 9.32. The number of rotatable bonds is 6. The predicted molar refractivity (Wildman–Crippen MR) is 130 cm³/mol. The molecule has 1 heterocycles. The van der Waals surface area contributed by atoms with Crippen molar-refractivity contribution in [2.45, 2.75) is 44.8 Å². The van der Waals surface area contributed by atoms with Gasteiger partial charge in [0.25, 0.3) is 0 Å². The molecule has 9 heteroatoms. The molecule has 2 atom stereocenters. The van der Waals surface area contributed by atoms with Crippen molar-refractivity contribution in [1.29, 1.82) is 0 Å². The fourth-order valence-corrected chi connectivity index (χ4v) is 3.95. The van der Waals surface area contributed by atoms with Gasteiger partial charge in [-0.1, -0.05) is 36.4 Å². The smallest absolute Gasteiger partial charge is 0.337 e. The molecule has 0 saturated carbocycles. The minimum Gasteiger partial charge on any atom is -0.465 e. The number of hydrogen-bond acceptors (Lipinski definition) is 6. The molecule has 0 spiro atoms. The lowest BCUT2D eigenvalue weighted by Crippen LogP contribution is -2.47. The monoisotopic (exact) mass is 481 g/mol. The van der Waals surface area contributed by atoms with Crippen LogP contribution in [0.2, 0.25) is 0 Å². The predicted octanol–water partition coefficient (Wildman–Crippen LogP) is 3.32. The molecule has 0 aliphatic carbocycles. The number of nitrogens with zero attached hydrogens (tertiary/aromatic N) is 1. The molecular formula is C26H31N3O6. The number of anilines is 1. The highest BCUT2D eigenvalue weighted by molar-refractivity contribution is 5.95. The van der Waals surface area contributed by atoms with E-state index in [0.717, 1.165) is 5.56 Å². The number of carbonyl (C=O) groups is 4. The largest absolute Gasteiger partial charge is 0.465 e. The van der Waals surface area contributed by atoms with Crippen molar-refractivity contribution in [3.8, 4) is 0 Å². The van der Waals surface area contributed by atoms with Crippen LogP contribution in [0.15, 0.2) is 54.6 Å². The minimum atomic E-state index is -0.742. The Balaban J connectivity index is 1.65. The summed E-state index contributed by atoms with van der Waals surface area (Å²) in [6, 6.07) is 14.6. The summed E-state index contributed by atoms with van der Waals surface area (Å²) >= 11 is 0. The van der Waals surface area contributed by atoms with Crippen LogP contribution < -0.4 is 10.6 Å². The molecule has 1 saturated heterocycles. The second kappa shape index (κ2) is 11.0. The third-order valence-corrected chi connectivity index (χ3v) is 5.51. The van der Waals surface area contributed by atoms with Crippen LogP contribution in [0.3, 0.4) is 0 Å². The van der Waals surface area contributed by atoms with Crippen molar-refractivity contribution in [2.75, 3.05) is 25.5 Å². The molecule has 0 unspecified atom stereocenters. The van der Waals surface area contributed by atoms with Crippen LogP contribution in [0.4, 0.5) is 10.5 Å². The highest BCUT2D eigenvalue weighted by Gasteiger charge is 2.42. The van der Waals surface area contributed by atoms with Gasteiger partial charge < -0.3 is 25.0 Å². The third-order valence-electron chi connectivity index (χ3n) is 5.51. The third kappa shape index (κ3) is 7.05. The highest BCUT2D eigenvalue weighted by atomic mass is 16.6. The Labute approximate surface area is 204 Å². The number of esters is 2. The average molecular weight is 482 g/mol. The minimum absolute atomic E-state index is 0.0208. The molecule has 0 bridgehead atoms. The first-order valence-electron chi connectivity index (χ1n) is 11.4. The molecule has 2 aromatic carbocycles. The van der Waals surface area contributed by atoms with Gasteiger partial charge in [-0.25, -0.2) is 14.4 Å². The van der Waals surface area contributed by atoms with E-state index >= 15 is 0 Å². The van der Waals surface area contributed by atoms with Crippen LogP contribution in [-0.4, -0.2) is 60.6 Å². The maximum absolute atomic E-state index is 13.1. The number of methoxy groups -OCH3 is 1. The van der Waals surface area contributed by atoms with Gasteiger partial charge >= 0.3 is 18.0 Å². The summed E-state index contributed by atoms with van der Waals surface area (Å²) in [7, 11) is 1.27. The van der Waals surface area contributed by atoms with E-state index in [1.807, 2.05) is 30.3 Å². The lowest BCUT2D eigenvalue weighted by molar-refractivity contribution is -0.163. The molecule has 9 nitrogen and oxygen atoms in total. The summed E-state index contributed by atoms with van der Waals surface area (Å²) in [4.78, 5) is 51.5. The number of ether oxygens (including phenoxy) is 2. The van der Waals surface area contributed by atoms with Crippen molar-refractivity contribution in [3.05, 3.63) is 65.7 Å². The zero-order chi connectivity index (χ0) is 25.6. The highest BCUT2D eigenvalue weighted by Crippen LogP contribution is 2.33. The van der Waals surface area contributed by atoms with Crippen molar-refractivity contribution < 1.29 is 28.7 Å². The van der Waals surface area contributed by atoms with E-state index < -0.39 is 35.5 Å². The van der Waals surface area contributed by atoms with E-state index in [4.69, 9.17) is 4.74 Å². The molecule has 1 aliphatic heterocycles. The van der Waals surface area contributed by atoms with Crippen molar-refractivity contribution in [1.82, 2.24) is 10.2 Å². The Hall–Kier alpha value is -3.88. The molecule has 35 heavy (non-hydrogen) atoms. The SMILES string of the molecule is COC(=O)c1cccc(NC(=O)NCC(=O)N2C[C@H](c3ccccc3)C[C@@H]2C(=O)OC(C)(C)C)c1. The van der Waals surface area contributed by atoms with E-state index in [1.54, 1.807) is 39.0 Å². The lowest BCUT2D eigenvalue weighted by atomic mass is 9.96. The summed E-state index contributed by atoms with van der Waals surface area (Å²) in [6.07, 6.45) is 0.442. The molecule has 0 radical (unpaired) electrons. The van der Waals surface area contributed by atoms with Gasteiger partial charge in [0, 0.05) is 18.2 Å². The van der Waals surface area contributed by atoms with Crippen LogP contribution in [-0.2, 0) is 19.1 Å². The Morgan fingerprint density at radius 3 is 2.40 bits per heavy atom. The first kappa shape index (κ1) is 25.7. The normalized spacial score (nSPS) is 17.4. The van der Waals surface area contributed by atoms with Gasteiger partial charge in [0.1, 0.15) is 11.6 Å². The summed E-state index contributed by atoms with van der Waals surface area (Å²) < 4.78 is 10.2. The van der Waals surface area contributed by atoms with E-state index in [-0.39, 0.29) is 18.0 Å². The van der Waals surface area contributed by atoms with Crippen LogP contribution in [0.5, 0.6) is 0 Å². The lowest BCUT2D eigenvalue weighted by Gasteiger charge is -2.27. The van der Waals surface area contributed by atoms with E-state index in [1.165, 1.54) is 18.1 Å². The second-order valence-corrected chi connectivity index (χ2v) is 9.32. The fourth-order valence-electron chi connectivity index (χ4n) is 3.95. The van der Waals surface area contributed by atoms with E-state index in [9.17, 15) is 19.2 Å². The Morgan fingerprint density at radius 1 is 1.03 bits per heavy atom. The van der Waals surface area contributed by atoms with Gasteiger partial charge in [-0.05, 0) is 51.0 Å². The quantitative estimate of drug-likeness (QED) is 0.612. The number of benzene rings is 2. The standard InChI is InChI=1S/C26H31N3O6/c1-26(2,3)35-24(32)21-14-19(17-9-6-5-7-10-17)16-29(21)22(30)15-27-25(33)28-20-12-8-11-18(13-20)23(31)34-4/h5-13,19,21H,14-16H2,1-4H3,(H2,27,28,33)/t19-,21-/m1/s1. The Morgan fingerprint density at radius 2 is 1.74 bits per heavy atom. The molecule has 2 aromatic rings. The number of likely N-dealkylation sites (tertiary alicyclic amines) is 1. The molecule has 3 rings (SSSR count). The van der Waals surface area contributed by atoms with Crippen LogP contribution in [0.25, 0.3) is 0 Å². The Bertz CT molecular complexity index is 1080. The van der Waals surface area contributed by atoms with Gasteiger partial charge in [0.15, 0.2) is 0 Å². The summed E-state index contributed by atoms with van der Waals surface area (Å²) in [5.41, 5.74) is 1.00. The number of urea groups is 1. The topological polar surface area (TPSA) is 114 Å². The molecular weight excluding hydrogens is 450 g/mol. The molecule has 2 N–H and O–H groups in total. The summed E-state index contributed by atoms with van der Waals surface area (Å²) in [6.45, 7) is 5.38. The van der Waals surface area contributed by atoms with E-state index in [0.29, 0.717) is 18.7 Å². The van der Waals surface area contributed by atoms with E-state index in [2.05, 4.69) is 15.4 Å². The number of hydrogen-bond donors (Lipinski definition) is 2. The van der Waals surface area contributed by atoms with Gasteiger partial charge in [-0.3, -0.25) is 4.79 Å². The maximum atomic E-state index is 13.1. The molecule has 3 amide bonds. The zero-order valence-corrected chi connectivity index (χ0v) is 20.4. The van der Waals surface area contributed by atoms with Gasteiger partial charge in [0.2, 0.25) is 5.91 Å².